The second kappa shape index (κ2) is 3.84. The number of hydrogen-bond donors (Lipinski definition) is 2. The van der Waals surface area contributed by atoms with E-state index in [1.807, 2.05) is 0 Å². The fraction of sp³-hybridized carbons (Fsp3) is 0.500. The molecule has 2 N–H and O–H groups in total. The fourth-order valence-corrected chi connectivity index (χ4v) is 1.29. The van der Waals surface area contributed by atoms with Gasteiger partial charge in [-0.3, -0.25) is 0 Å². The smallest absolute Gasteiger partial charge is 0.339 e. The van der Waals surface area contributed by atoms with Crippen molar-refractivity contribution in [3.05, 3.63) is 23.4 Å². The van der Waals surface area contributed by atoms with E-state index in [2.05, 4.69) is 5.32 Å². The molecular weight excluding hydrogens is 182 g/mol. The molecule has 1 atom stereocenters. The first-order valence-corrected chi connectivity index (χ1v) is 4.54. The van der Waals surface area contributed by atoms with Crippen LogP contribution in [0.2, 0.25) is 0 Å². The molecule has 1 aliphatic heterocycles. The summed E-state index contributed by atoms with van der Waals surface area (Å²) in [5.74, 6) is -0.371. The van der Waals surface area contributed by atoms with E-state index in [1.165, 1.54) is 6.08 Å². The molecule has 14 heavy (non-hydrogen) atoms. The Bertz CT molecular complexity index is 302. The van der Waals surface area contributed by atoms with E-state index in [-0.39, 0.29) is 5.97 Å². The highest BCUT2D eigenvalue weighted by Gasteiger charge is 2.24. The van der Waals surface area contributed by atoms with Crippen molar-refractivity contribution in [1.82, 2.24) is 5.32 Å². The zero-order valence-electron chi connectivity index (χ0n) is 8.63. The maximum Gasteiger partial charge on any atom is 0.339 e. The summed E-state index contributed by atoms with van der Waals surface area (Å²) in [4.78, 5) is 11.4. The Labute approximate surface area is 83.3 Å². The van der Waals surface area contributed by atoms with Crippen molar-refractivity contribution < 1.29 is 14.6 Å². The monoisotopic (exact) mass is 197 g/mol. The molecule has 0 aliphatic carbocycles. The summed E-state index contributed by atoms with van der Waals surface area (Å²) < 4.78 is 4.85. The van der Waals surface area contributed by atoms with Crippen molar-refractivity contribution in [2.75, 3.05) is 6.61 Å². The number of esters is 1. The third kappa shape index (κ3) is 2.35. The molecule has 0 spiro atoms. The van der Waals surface area contributed by atoms with E-state index in [9.17, 15) is 9.90 Å². The standard InChI is InChI=1S/C10H15NO3/c1-4-14-9(12)8-5-6-10(3,13)11-7(8)2/h5-6,11,13H,4H2,1-3H3. The predicted octanol–water partition coefficient (Wildman–Crippen LogP) is 0.691. The fourth-order valence-electron chi connectivity index (χ4n) is 1.29. The minimum atomic E-state index is -1.08. The van der Waals surface area contributed by atoms with Crippen LogP contribution < -0.4 is 5.32 Å². The van der Waals surface area contributed by atoms with Crippen LogP contribution in [0.5, 0.6) is 0 Å². The van der Waals surface area contributed by atoms with E-state index >= 15 is 0 Å². The minimum absolute atomic E-state index is 0.347. The van der Waals surface area contributed by atoms with Gasteiger partial charge in [-0.1, -0.05) is 0 Å². The maximum absolute atomic E-state index is 11.4. The topological polar surface area (TPSA) is 58.6 Å². The molecule has 0 aromatic heterocycles. The van der Waals surface area contributed by atoms with Gasteiger partial charge in [0.15, 0.2) is 5.72 Å². The lowest BCUT2D eigenvalue weighted by atomic mass is 10.1. The Morgan fingerprint density at radius 1 is 1.71 bits per heavy atom. The van der Waals surface area contributed by atoms with Crippen LogP contribution in [0.3, 0.4) is 0 Å². The van der Waals surface area contributed by atoms with Gasteiger partial charge in [0, 0.05) is 5.70 Å². The Kier molecular flexibility index (Phi) is 2.96. The van der Waals surface area contributed by atoms with Gasteiger partial charge in [-0.15, -0.1) is 0 Å². The molecule has 1 rings (SSSR count). The average Bonchev–Trinajstić information content (AvgIpc) is 2.02. The highest BCUT2D eigenvalue weighted by atomic mass is 16.5. The van der Waals surface area contributed by atoms with Crippen molar-refractivity contribution >= 4 is 5.97 Å². The van der Waals surface area contributed by atoms with E-state index < -0.39 is 5.72 Å². The lowest BCUT2D eigenvalue weighted by Gasteiger charge is -2.27. The Morgan fingerprint density at radius 2 is 2.36 bits per heavy atom. The quantitative estimate of drug-likeness (QED) is 0.639. The Morgan fingerprint density at radius 3 is 2.86 bits per heavy atom. The van der Waals surface area contributed by atoms with Gasteiger partial charge in [0.05, 0.1) is 12.2 Å². The number of ether oxygens (including phenoxy) is 1. The minimum Gasteiger partial charge on any atom is -0.462 e. The number of nitrogens with one attached hydrogen (secondary N) is 1. The molecule has 4 nitrogen and oxygen atoms in total. The summed E-state index contributed by atoms with van der Waals surface area (Å²) in [5.41, 5.74) is -0.00518. The molecule has 0 amide bonds. The van der Waals surface area contributed by atoms with Crippen molar-refractivity contribution in [2.24, 2.45) is 0 Å². The molecule has 1 heterocycles. The first kappa shape index (κ1) is 10.8. The first-order valence-electron chi connectivity index (χ1n) is 4.54. The van der Waals surface area contributed by atoms with Crippen LogP contribution in [0.25, 0.3) is 0 Å². The van der Waals surface area contributed by atoms with Crippen molar-refractivity contribution in [3.8, 4) is 0 Å². The van der Waals surface area contributed by atoms with Crippen molar-refractivity contribution in [2.45, 2.75) is 26.5 Å². The molecular formula is C10H15NO3. The number of carbonyl (C=O) groups is 1. The second-order valence-electron chi connectivity index (χ2n) is 3.37. The van der Waals surface area contributed by atoms with Crippen LogP contribution in [0.15, 0.2) is 23.4 Å². The van der Waals surface area contributed by atoms with Gasteiger partial charge in [-0.2, -0.15) is 0 Å². The molecule has 1 unspecified atom stereocenters. The van der Waals surface area contributed by atoms with Crippen molar-refractivity contribution in [3.63, 3.8) is 0 Å². The van der Waals surface area contributed by atoms with Crippen LogP contribution in [-0.4, -0.2) is 23.4 Å². The van der Waals surface area contributed by atoms with Crippen LogP contribution in [-0.2, 0) is 9.53 Å². The van der Waals surface area contributed by atoms with Crippen LogP contribution in [0, 0.1) is 0 Å². The van der Waals surface area contributed by atoms with Gasteiger partial charge < -0.3 is 15.2 Å². The molecule has 1 aliphatic rings. The number of hydrogen-bond acceptors (Lipinski definition) is 4. The van der Waals surface area contributed by atoms with Crippen molar-refractivity contribution in [1.29, 1.82) is 0 Å². The molecule has 4 heteroatoms. The third-order valence-electron chi connectivity index (χ3n) is 1.91. The molecule has 0 radical (unpaired) electrons. The van der Waals surface area contributed by atoms with Crippen LogP contribution in [0.1, 0.15) is 20.8 Å². The van der Waals surface area contributed by atoms with Gasteiger partial charge in [0.1, 0.15) is 0 Å². The molecule has 0 bridgehead atoms. The summed E-state index contributed by atoms with van der Waals surface area (Å²) in [6.07, 6.45) is 3.09. The lowest BCUT2D eigenvalue weighted by molar-refractivity contribution is -0.138. The van der Waals surface area contributed by atoms with E-state index in [1.54, 1.807) is 26.8 Å². The number of carbonyl (C=O) groups excluding carboxylic acids is 1. The average molecular weight is 197 g/mol. The zero-order valence-corrected chi connectivity index (χ0v) is 8.63. The third-order valence-corrected chi connectivity index (χ3v) is 1.91. The van der Waals surface area contributed by atoms with E-state index in [4.69, 9.17) is 4.74 Å². The molecule has 0 fully saturated rings. The largest absolute Gasteiger partial charge is 0.462 e. The predicted molar refractivity (Wildman–Crippen MR) is 52.2 cm³/mol. The maximum atomic E-state index is 11.4. The van der Waals surface area contributed by atoms with Gasteiger partial charge in [-0.05, 0) is 32.9 Å². The second-order valence-corrected chi connectivity index (χ2v) is 3.37. The van der Waals surface area contributed by atoms with Gasteiger partial charge in [0.2, 0.25) is 0 Å². The number of dihydropyridines is 1. The summed E-state index contributed by atoms with van der Waals surface area (Å²) in [7, 11) is 0. The lowest BCUT2D eigenvalue weighted by Crippen LogP contribution is -2.41. The highest BCUT2D eigenvalue weighted by Crippen LogP contribution is 2.17. The summed E-state index contributed by atoms with van der Waals surface area (Å²) in [6, 6.07) is 0. The number of allylic oxidation sites excluding steroid dienone is 1. The molecule has 0 aromatic carbocycles. The molecule has 0 saturated heterocycles. The van der Waals surface area contributed by atoms with E-state index in [0.29, 0.717) is 17.9 Å². The van der Waals surface area contributed by atoms with Gasteiger partial charge in [-0.25, -0.2) is 4.79 Å². The van der Waals surface area contributed by atoms with Gasteiger partial charge >= 0.3 is 5.97 Å². The Hall–Kier alpha value is -1.29. The molecule has 0 saturated carbocycles. The van der Waals surface area contributed by atoms with Crippen LogP contribution >= 0.6 is 0 Å². The first-order chi connectivity index (χ1) is 6.46. The summed E-state index contributed by atoms with van der Waals surface area (Å²) in [5, 5.41) is 12.4. The molecule has 0 aromatic rings. The number of rotatable bonds is 2. The van der Waals surface area contributed by atoms with Crippen LogP contribution in [0.4, 0.5) is 0 Å². The summed E-state index contributed by atoms with van der Waals surface area (Å²) in [6.45, 7) is 5.43. The van der Waals surface area contributed by atoms with Gasteiger partial charge in [0.25, 0.3) is 0 Å². The molecule has 78 valence electrons. The number of aliphatic hydroxyl groups is 1. The Balaban J connectivity index is 2.82. The SMILES string of the molecule is CCOC(=O)C1=C(C)NC(C)(O)C=C1. The summed E-state index contributed by atoms with van der Waals surface area (Å²) >= 11 is 0. The zero-order chi connectivity index (χ0) is 10.8. The normalized spacial score (nSPS) is 26.0. The van der Waals surface area contributed by atoms with E-state index in [0.717, 1.165) is 0 Å². The highest BCUT2D eigenvalue weighted by molar-refractivity contribution is 5.92.